The average Bonchev–Trinajstić information content (AvgIpc) is 3.10. The van der Waals surface area contributed by atoms with Crippen molar-refractivity contribution in [2.75, 3.05) is 19.8 Å². The first kappa shape index (κ1) is 17.9. The standard InChI is InChI=1S/C23H28FN3O/c1-14-9-15(2)27(14)23(28)17-10-19-18-5-3-6-20-22(18)16(12-25-20)11-21(19)26(13-17)8-4-7-24/h3,5-6,10,12,14-15,17,21,25H,4,7-9,11,13H2,1-2H3/t14?,15?,17-,21-/m1/s1. The minimum Gasteiger partial charge on any atom is -0.361 e. The highest BCUT2D eigenvalue weighted by Gasteiger charge is 2.42. The van der Waals surface area contributed by atoms with Gasteiger partial charge >= 0.3 is 0 Å². The van der Waals surface area contributed by atoms with Gasteiger partial charge in [0.15, 0.2) is 0 Å². The Kier molecular flexibility index (Phi) is 4.31. The molecule has 1 aromatic carbocycles. The zero-order valence-electron chi connectivity index (χ0n) is 16.6. The predicted molar refractivity (Wildman–Crippen MR) is 110 cm³/mol. The summed E-state index contributed by atoms with van der Waals surface area (Å²) in [4.78, 5) is 21.1. The molecule has 0 saturated carbocycles. The molecule has 2 unspecified atom stereocenters. The molecule has 3 aliphatic rings. The third-order valence-electron chi connectivity index (χ3n) is 6.91. The first-order valence-corrected chi connectivity index (χ1v) is 10.5. The number of fused-ring (bicyclic) bond motifs is 2. The number of hydrogen-bond acceptors (Lipinski definition) is 2. The molecule has 0 spiro atoms. The summed E-state index contributed by atoms with van der Waals surface area (Å²) in [6, 6.07) is 7.24. The second kappa shape index (κ2) is 6.73. The van der Waals surface area contributed by atoms with Crippen LogP contribution in [0.3, 0.4) is 0 Å². The second-order valence-corrected chi connectivity index (χ2v) is 8.71. The maximum absolute atomic E-state index is 13.3. The molecule has 1 fully saturated rings. The van der Waals surface area contributed by atoms with E-state index in [9.17, 15) is 9.18 Å². The highest BCUT2D eigenvalue weighted by atomic mass is 19.1. The fourth-order valence-electron chi connectivity index (χ4n) is 5.63. The van der Waals surface area contributed by atoms with Crippen LogP contribution >= 0.6 is 0 Å². The van der Waals surface area contributed by atoms with Crippen molar-refractivity contribution < 1.29 is 9.18 Å². The van der Waals surface area contributed by atoms with E-state index in [1.165, 1.54) is 22.1 Å². The summed E-state index contributed by atoms with van der Waals surface area (Å²) in [6.07, 6.45) is 6.85. The number of nitrogens with one attached hydrogen (secondary N) is 1. The van der Waals surface area contributed by atoms with Gasteiger partial charge in [-0.3, -0.25) is 14.1 Å². The van der Waals surface area contributed by atoms with E-state index < -0.39 is 0 Å². The van der Waals surface area contributed by atoms with Gasteiger partial charge in [-0.05, 0) is 55.9 Å². The van der Waals surface area contributed by atoms with E-state index >= 15 is 0 Å². The summed E-state index contributed by atoms with van der Waals surface area (Å²) in [6.45, 7) is 5.34. The zero-order chi connectivity index (χ0) is 19.4. The van der Waals surface area contributed by atoms with Gasteiger partial charge in [0.1, 0.15) is 0 Å². The van der Waals surface area contributed by atoms with E-state index in [1.807, 2.05) is 4.90 Å². The van der Waals surface area contributed by atoms with Crippen molar-refractivity contribution in [2.24, 2.45) is 5.92 Å². The van der Waals surface area contributed by atoms with Gasteiger partial charge in [0.2, 0.25) is 5.91 Å². The Morgan fingerprint density at radius 3 is 2.86 bits per heavy atom. The molecule has 28 heavy (non-hydrogen) atoms. The van der Waals surface area contributed by atoms with E-state index in [0.29, 0.717) is 31.6 Å². The smallest absolute Gasteiger partial charge is 0.231 e. The molecule has 2 aromatic rings. The van der Waals surface area contributed by atoms with Gasteiger partial charge in [0.25, 0.3) is 0 Å². The predicted octanol–water partition coefficient (Wildman–Crippen LogP) is 3.78. The molecule has 148 valence electrons. The molecule has 4 atom stereocenters. The summed E-state index contributed by atoms with van der Waals surface area (Å²) >= 11 is 0. The molecular weight excluding hydrogens is 353 g/mol. The molecule has 3 heterocycles. The zero-order valence-corrected chi connectivity index (χ0v) is 16.6. The monoisotopic (exact) mass is 381 g/mol. The maximum atomic E-state index is 13.3. The highest BCUT2D eigenvalue weighted by molar-refractivity contribution is 5.99. The van der Waals surface area contributed by atoms with Crippen LogP contribution in [0.4, 0.5) is 4.39 Å². The van der Waals surface area contributed by atoms with Gasteiger partial charge in [0.05, 0.1) is 12.6 Å². The third kappa shape index (κ3) is 2.63. The lowest BCUT2D eigenvalue weighted by Crippen LogP contribution is -2.59. The number of aromatic nitrogens is 1. The van der Waals surface area contributed by atoms with Gasteiger partial charge in [-0.15, -0.1) is 0 Å². The van der Waals surface area contributed by atoms with Crippen LogP contribution in [0.1, 0.15) is 37.8 Å². The minimum atomic E-state index is -0.313. The van der Waals surface area contributed by atoms with Crippen LogP contribution in [-0.4, -0.2) is 58.6 Å². The SMILES string of the molecule is CC1CC(C)N1C(=O)[C@@H]1C=C2c3cccc4[nH]cc(c34)C[C@H]2N(CCCF)C1. The van der Waals surface area contributed by atoms with Crippen LogP contribution in [0, 0.1) is 5.92 Å². The fourth-order valence-corrected chi connectivity index (χ4v) is 5.63. The molecular formula is C23H28FN3O. The van der Waals surface area contributed by atoms with E-state index in [4.69, 9.17) is 0 Å². The molecule has 1 aliphatic carbocycles. The van der Waals surface area contributed by atoms with Gasteiger partial charge < -0.3 is 9.88 Å². The molecule has 1 aromatic heterocycles. The van der Waals surface area contributed by atoms with Crippen molar-refractivity contribution in [1.82, 2.24) is 14.8 Å². The number of amides is 1. The number of halogens is 1. The van der Waals surface area contributed by atoms with Crippen molar-refractivity contribution >= 4 is 22.4 Å². The molecule has 5 rings (SSSR count). The van der Waals surface area contributed by atoms with Crippen molar-refractivity contribution in [2.45, 2.75) is 51.2 Å². The molecule has 1 saturated heterocycles. The summed E-state index contributed by atoms with van der Waals surface area (Å²) in [7, 11) is 0. The Balaban J connectivity index is 1.56. The molecule has 2 aliphatic heterocycles. The van der Waals surface area contributed by atoms with E-state index in [2.05, 4.69) is 54.2 Å². The number of alkyl halides is 1. The number of H-pyrrole nitrogens is 1. The van der Waals surface area contributed by atoms with Crippen LogP contribution in [0.15, 0.2) is 30.5 Å². The summed E-state index contributed by atoms with van der Waals surface area (Å²) < 4.78 is 13.0. The van der Waals surface area contributed by atoms with Gasteiger partial charge in [-0.25, -0.2) is 0 Å². The van der Waals surface area contributed by atoms with Crippen molar-refractivity contribution in [3.8, 4) is 0 Å². The topological polar surface area (TPSA) is 39.3 Å². The van der Waals surface area contributed by atoms with E-state index in [0.717, 1.165) is 18.4 Å². The number of benzene rings is 1. The first-order valence-electron chi connectivity index (χ1n) is 10.5. The molecule has 1 amide bonds. The molecule has 5 heteroatoms. The molecule has 1 N–H and O–H groups in total. The Morgan fingerprint density at radius 2 is 2.11 bits per heavy atom. The van der Waals surface area contributed by atoms with Crippen LogP contribution < -0.4 is 0 Å². The summed E-state index contributed by atoms with van der Waals surface area (Å²) in [5.74, 6) is 0.0845. The lowest BCUT2D eigenvalue weighted by molar-refractivity contribution is -0.146. The van der Waals surface area contributed by atoms with Crippen LogP contribution in [0.25, 0.3) is 16.5 Å². The Hall–Kier alpha value is -2.14. The second-order valence-electron chi connectivity index (χ2n) is 8.71. The molecule has 0 bridgehead atoms. The summed E-state index contributed by atoms with van der Waals surface area (Å²) in [5.41, 5.74) is 4.97. The number of carbonyl (C=O) groups is 1. The number of nitrogens with zero attached hydrogens (tertiary/aromatic N) is 2. The van der Waals surface area contributed by atoms with Gasteiger partial charge in [-0.2, -0.15) is 0 Å². The normalized spacial score (nSPS) is 29.4. The van der Waals surface area contributed by atoms with Crippen LogP contribution in [0.5, 0.6) is 0 Å². The molecule has 0 radical (unpaired) electrons. The highest BCUT2D eigenvalue weighted by Crippen LogP contribution is 2.42. The lowest BCUT2D eigenvalue weighted by atomic mass is 9.79. The number of hydrogen-bond donors (Lipinski definition) is 1. The maximum Gasteiger partial charge on any atom is 0.231 e. The summed E-state index contributed by atoms with van der Waals surface area (Å²) in [5, 5.41) is 1.29. The average molecular weight is 381 g/mol. The number of rotatable bonds is 4. The fraction of sp³-hybridized carbons (Fsp3) is 0.522. The van der Waals surface area contributed by atoms with Gasteiger partial charge in [0, 0.05) is 48.3 Å². The number of likely N-dealkylation sites (tertiary alicyclic amines) is 1. The van der Waals surface area contributed by atoms with Gasteiger partial charge in [-0.1, -0.05) is 18.2 Å². The Bertz CT molecular complexity index is 940. The number of carbonyl (C=O) groups excluding carboxylic acids is 1. The molecule has 4 nitrogen and oxygen atoms in total. The lowest BCUT2D eigenvalue weighted by Gasteiger charge is -2.49. The number of aromatic amines is 1. The quantitative estimate of drug-likeness (QED) is 0.876. The van der Waals surface area contributed by atoms with Crippen LogP contribution in [-0.2, 0) is 11.2 Å². The Morgan fingerprint density at radius 1 is 1.29 bits per heavy atom. The van der Waals surface area contributed by atoms with E-state index in [1.54, 1.807) is 0 Å². The van der Waals surface area contributed by atoms with Crippen molar-refractivity contribution in [3.05, 3.63) is 41.6 Å². The Labute approximate surface area is 165 Å². The van der Waals surface area contributed by atoms with Crippen LogP contribution in [0.2, 0.25) is 0 Å². The third-order valence-corrected chi connectivity index (χ3v) is 6.91. The minimum absolute atomic E-state index is 0.146. The largest absolute Gasteiger partial charge is 0.361 e. The first-order chi connectivity index (χ1) is 13.6. The van der Waals surface area contributed by atoms with Crippen molar-refractivity contribution in [1.29, 1.82) is 0 Å². The van der Waals surface area contributed by atoms with E-state index in [-0.39, 0.29) is 24.5 Å². The van der Waals surface area contributed by atoms with Crippen molar-refractivity contribution in [3.63, 3.8) is 0 Å².